The van der Waals surface area contributed by atoms with Gasteiger partial charge in [-0.1, -0.05) is 0 Å². The summed E-state index contributed by atoms with van der Waals surface area (Å²) in [6.45, 7) is 5.43. The number of likely N-dealkylation sites (tertiary alicyclic amines) is 1. The van der Waals surface area contributed by atoms with Gasteiger partial charge >= 0.3 is 0 Å². The first-order valence-electron chi connectivity index (χ1n) is 10.4. The molecule has 8 nitrogen and oxygen atoms in total. The highest BCUT2D eigenvalue weighted by Crippen LogP contribution is 2.31. The highest BCUT2D eigenvalue weighted by atomic mass is 32.1. The van der Waals surface area contributed by atoms with Gasteiger partial charge in [0.2, 0.25) is 5.91 Å². The van der Waals surface area contributed by atoms with Crippen LogP contribution in [0.25, 0.3) is 5.52 Å². The molecular formula is C21H26N6O2S. The summed E-state index contributed by atoms with van der Waals surface area (Å²) in [5.41, 5.74) is 2.09. The van der Waals surface area contributed by atoms with Crippen LogP contribution in [0.1, 0.15) is 29.3 Å². The number of morpholine rings is 1. The molecule has 9 heteroatoms. The van der Waals surface area contributed by atoms with Crippen LogP contribution in [0.15, 0.2) is 30.7 Å². The number of rotatable bonds is 4. The number of hydrogen-bond acceptors (Lipinski definition) is 7. The maximum atomic E-state index is 12.7. The second kappa shape index (κ2) is 8.33. The topological polar surface area (TPSA) is 83.8 Å². The number of nitrogens with zero attached hydrogens (tertiary/aromatic N) is 4. The number of hydrogen-bond donors (Lipinski definition) is 2. The Labute approximate surface area is 179 Å². The van der Waals surface area contributed by atoms with Crippen molar-refractivity contribution in [2.75, 3.05) is 38.2 Å². The monoisotopic (exact) mass is 426 g/mol. The highest BCUT2D eigenvalue weighted by Gasteiger charge is 2.30. The van der Waals surface area contributed by atoms with Crippen LogP contribution in [0.5, 0.6) is 0 Å². The minimum absolute atomic E-state index is 0.156. The van der Waals surface area contributed by atoms with Gasteiger partial charge < -0.3 is 24.7 Å². The maximum absolute atomic E-state index is 12.7. The molecule has 2 aliphatic rings. The van der Waals surface area contributed by atoms with Gasteiger partial charge in [-0.2, -0.15) is 0 Å². The molecule has 1 amide bonds. The molecule has 3 aromatic rings. The van der Waals surface area contributed by atoms with Gasteiger partial charge in [-0.05, 0) is 31.9 Å². The summed E-state index contributed by atoms with van der Waals surface area (Å²) in [5.74, 6) is 1.31. The molecule has 2 fully saturated rings. The first kappa shape index (κ1) is 19.5. The number of amides is 1. The minimum atomic E-state index is -0.206. The van der Waals surface area contributed by atoms with Gasteiger partial charge in [-0.3, -0.25) is 4.79 Å². The number of aryl methyl sites for hydroxylation is 1. The molecule has 1 atom stereocenters. The molecule has 2 N–H and O–H groups in total. The van der Waals surface area contributed by atoms with Crippen LogP contribution < -0.4 is 10.6 Å². The van der Waals surface area contributed by atoms with Crippen LogP contribution in [-0.2, 0) is 9.53 Å². The summed E-state index contributed by atoms with van der Waals surface area (Å²) >= 11 is 1.62. The predicted octanol–water partition coefficient (Wildman–Crippen LogP) is 2.54. The molecule has 158 valence electrons. The quantitative estimate of drug-likeness (QED) is 0.667. The third-order valence-corrected chi connectivity index (χ3v) is 6.65. The lowest BCUT2D eigenvalue weighted by molar-refractivity contribution is -0.137. The van der Waals surface area contributed by atoms with Gasteiger partial charge in [-0.15, -0.1) is 11.3 Å². The molecular weight excluding hydrogens is 400 g/mol. The molecule has 0 aromatic carbocycles. The fourth-order valence-electron chi connectivity index (χ4n) is 4.21. The molecule has 0 saturated carbocycles. The molecule has 0 bridgehead atoms. The van der Waals surface area contributed by atoms with E-state index >= 15 is 0 Å². The number of nitrogens with one attached hydrogen (secondary N) is 2. The fraction of sp³-hybridized carbons (Fsp3) is 0.476. The zero-order valence-electron chi connectivity index (χ0n) is 17.0. The largest absolute Gasteiger partial charge is 0.378 e. The second-order valence-corrected chi connectivity index (χ2v) is 9.13. The fourth-order valence-corrected chi connectivity index (χ4v) is 4.87. The summed E-state index contributed by atoms with van der Waals surface area (Å²) in [7, 11) is 0. The van der Waals surface area contributed by atoms with Crippen molar-refractivity contribution in [2.45, 2.75) is 31.7 Å². The first-order valence-corrected chi connectivity index (χ1v) is 11.3. The van der Waals surface area contributed by atoms with Crippen molar-refractivity contribution in [3.05, 3.63) is 41.3 Å². The number of carbonyl (C=O) groups excluding carboxylic acids is 1. The summed E-state index contributed by atoms with van der Waals surface area (Å²) in [4.78, 5) is 25.2. The van der Waals surface area contributed by atoms with Crippen LogP contribution in [0.2, 0.25) is 0 Å². The lowest BCUT2D eigenvalue weighted by Crippen LogP contribution is -2.54. The number of fused-ring (bicyclic) bond motifs is 1. The number of thiazole rings is 1. The summed E-state index contributed by atoms with van der Waals surface area (Å²) < 4.78 is 7.56. The van der Waals surface area contributed by atoms with Gasteiger partial charge in [0.1, 0.15) is 6.04 Å². The molecule has 0 aliphatic carbocycles. The number of anilines is 2. The Hall–Kier alpha value is -2.49. The Balaban J connectivity index is 1.31. The molecule has 0 unspecified atom stereocenters. The van der Waals surface area contributed by atoms with Crippen molar-refractivity contribution in [3.63, 3.8) is 0 Å². The second-order valence-electron chi connectivity index (χ2n) is 7.90. The van der Waals surface area contributed by atoms with Crippen LogP contribution >= 0.6 is 11.3 Å². The Kier molecular flexibility index (Phi) is 5.41. The van der Waals surface area contributed by atoms with E-state index in [0.29, 0.717) is 19.1 Å². The maximum Gasteiger partial charge on any atom is 0.242 e. The third-order valence-electron chi connectivity index (χ3n) is 5.83. The Morgan fingerprint density at radius 3 is 2.97 bits per heavy atom. The zero-order valence-corrected chi connectivity index (χ0v) is 17.8. The SMILES string of the molecule is Cc1cnc(Nc2nc(C3CCN(C(=O)[C@@H]4COCCN4)CC3)cn3cccc23)s1. The lowest BCUT2D eigenvalue weighted by Gasteiger charge is -2.35. The molecule has 5 rings (SSSR count). The van der Waals surface area contributed by atoms with Gasteiger partial charge in [0, 0.05) is 49.0 Å². The van der Waals surface area contributed by atoms with Crippen LogP contribution in [0.3, 0.4) is 0 Å². The predicted molar refractivity (Wildman–Crippen MR) is 116 cm³/mol. The molecule has 2 aliphatic heterocycles. The van der Waals surface area contributed by atoms with E-state index in [1.807, 2.05) is 30.3 Å². The standard InChI is InChI=1S/C21H26N6O2S/c1-14-11-23-21(30-14)25-19-18-3-2-7-27(18)12-16(24-19)15-4-8-26(9-5-15)20(28)17-13-29-10-6-22-17/h2-3,7,11-12,15,17,22H,4-6,8-10,13H2,1H3,(H,23,24,25)/t17-/m0/s1. The van der Waals surface area contributed by atoms with Crippen LogP contribution in [0, 0.1) is 6.92 Å². The average molecular weight is 427 g/mol. The Bertz CT molecular complexity index is 1030. The van der Waals surface area contributed by atoms with Crippen LogP contribution in [0.4, 0.5) is 10.9 Å². The number of piperidine rings is 1. The molecule has 0 radical (unpaired) electrons. The van der Waals surface area contributed by atoms with Crippen molar-refractivity contribution in [2.24, 2.45) is 0 Å². The third kappa shape index (κ3) is 3.92. The van der Waals surface area contributed by atoms with Crippen molar-refractivity contribution >= 4 is 33.7 Å². The number of ether oxygens (including phenoxy) is 1. The van der Waals surface area contributed by atoms with E-state index < -0.39 is 0 Å². The highest BCUT2D eigenvalue weighted by molar-refractivity contribution is 7.15. The smallest absolute Gasteiger partial charge is 0.242 e. The van der Waals surface area contributed by atoms with Crippen molar-refractivity contribution < 1.29 is 9.53 Å². The van der Waals surface area contributed by atoms with Crippen molar-refractivity contribution in [1.29, 1.82) is 0 Å². The van der Waals surface area contributed by atoms with Crippen molar-refractivity contribution in [3.8, 4) is 0 Å². The summed E-state index contributed by atoms with van der Waals surface area (Å²) in [6.07, 6.45) is 7.85. The van der Waals surface area contributed by atoms with Crippen molar-refractivity contribution in [1.82, 2.24) is 24.6 Å². The van der Waals surface area contributed by atoms with Crippen LogP contribution in [-0.4, -0.2) is 64.1 Å². The summed E-state index contributed by atoms with van der Waals surface area (Å²) in [5, 5.41) is 7.51. The molecule has 30 heavy (non-hydrogen) atoms. The van der Waals surface area contributed by atoms with E-state index in [1.165, 1.54) is 0 Å². The Morgan fingerprint density at radius 2 is 2.23 bits per heavy atom. The zero-order chi connectivity index (χ0) is 20.5. The number of carbonyl (C=O) groups is 1. The molecule has 5 heterocycles. The average Bonchev–Trinajstić information content (AvgIpc) is 3.43. The summed E-state index contributed by atoms with van der Waals surface area (Å²) in [6, 6.07) is 3.88. The first-order chi connectivity index (χ1) is 14.7. The van der Waals surface area contributed by atoms with E-state index in [4.69, 9.17) is 9.72 Å². The molecule has 0 spiro atoms. The van der Waals surface area contributed by atoms with E-state index in [1.54, 1.807) is 11.3 Å². The lowest BCUT2D eigenvalue weighted by atomic mass is 9.93. The Morgan fingerprint density at radius 1 is 1.37 bits per heavy atom. The number of aromatic nitrogens is 3. The van der Waals surface area contributed by atoms with E-state index in [2.05, 4.69) is 32.3 Å². The van der Waals surface area contributed by atoms with Gasteiger partial charge in [0.15, 0.2) is 10.9 Å². The van der Waals surface area contributed by atoms with E-state index in [0.717, 1.165) is 59.5 Å². The van der Waals surface area contributed by atoms with Gasteiger partial charge in [0.25, 0.3) is 0 Å². The molecule has 2 saturated heterocycles. The van der Waals surface area contributed by atoms with E-state index in [9.17, 15) is 4.79 Å². The normalized spacial score (nSPS) is 20.6. The van der Waals surface area contributed by atoms with Gasteiger partial charge in [-0.25, -0.2) is 9.97 Å². The van der Waals surface area contributed by atoms with E-state index in [-0.39, 0.29) is 11.9 Å². The van der Waals surface area contributed by atoms with Gasteiger partial charge in [0.05, 0.1) is 24.4 Å². The molecule has 3 aromatic heterocycles. The minimum Gasteiger partial charge on any atom is -0.378 e.